The Kier molecular flexibility index (Phi) is 8.44. The molecule has 0 aliphatic carbocycles. The Morgan fingerprint density at radius 1 is 1.06 bits per heavy atom. The first-order valence-corrected chi connectivity index (χ1v) is 11.8. The number of anilines is 1. The van der Waals surface area contributed by atoms with Gasteiger partial charge in [0.2, 0.25) is 0 Å². The molecule has 1 aromatic heterocycles. The van der Waals surface area contributed by atoms with Gasteiger partial charge in [0.05, 0.1) is 12.0 Å². The summed E-state index contributed by atoms with van der Waals surface area (Å²) in [5.41, 5.74) is 6.91. The molecule has 0 saturated carbocycles. The average Bonchev–Trinajstić information content (AvgIpc) is 3.23. The van der Waals surface area contributed by atoms with E-state index in [2.05, 4.69) is 70.7 Å². The monoisotopic (exact) mass is 450 g/mol. The van der Waals surface area contributed by atoms with Crippen molar-refractivity contribution in [3.05, 3.63) is 59.7 Å². The quantitative estimate of drug-likeness (QED) is 0.282. The van der Waals surface area contributed by atoms with Crippen molar-refractivity contribution in [2.45, 2.75) is 39.4 Å². The van der Waals surface area contributed by atoms with Gasteiger partial charge in [-0.05, 0) is 45.4 Å². The molecule has 0 spiro atoms. The lowest BCUT2D eigenvalue weighted by atomic mass is 10.1. The van der Waals surface area contributed by atoms with Gasteiger partial charge in [0, 0.05) is 30.9 Å². The lowest BCUT2D eigenvalue weighted by molar-refractivity contribution is -0.118. The zero-order valence-corrected chi connectivity index (χ0v) is 19.9. The highest BCUT2D eigenvalue weighted by Gasteiger charge is 2.14. The number of aromatic nitrogens is 3. The van der Waals surface area contributed by atoms with E-state index in [1.165, 1.54) is 23.0 Å². The van der Waals surface area contributed by atoms with Crippen LogP contribution in [0.3, 0.4) is 0 Å². The van der Waals surface area contributed by atoms with Crippen LogP contribution in [0, 0.1) is 6.92 Å². The molecule has 168 valence electrons. The number of aryl methyl sites for hydroxylation is 1. The molecule has 0 unspecified atom stereocenters. The second kappa shape index (κ2) is 11.5. The van der Waals surface area contributed by atoms with Gasteiger partial charge in [-0.3, -0.25) is 4.79 Å². The maximum Gasteiger partial charge on any atom is 0.250 e. The Hall–Kier alpha value is -3.13. The summed E-state index contributed by atoms with van der Waals surface area (Å²) < 4.78 is 2.02. The summed E-state index contributed by atoms with van der Waals surface area (Å²) in [4.78, 5) is 14.5. The summed E-state index contributed by atoms with van der Waals surface area (Å²) in [6.45, 7) is 11.0. The van der Waals surface area contributed by atoms with E-state index in [4.69, 9.17) is 0 Å². The Bertz CT molecular complexity index is 1040. The first-order valence-electron chi connectivity index (χ1n) is 10.9. The van der Waals surface area contributed by atoms with Crippen molar-refractivity contribution in [2.24, 2.45) is 5.10 Å². The molecule has 7 nitrogen and oxygen atoms in total. The summed E-state index contributed by atoms with van der Waals surface area (Å²) in [5, 5.41) is 13.4. The third kappa shape index (κ3) is 5.97. The number of nitrogens with zero attached hydrogens (tertiary/aromatic N) is 5. The van der Waals surface area contributed by atoms with E-state index in [1.54, 1.807) is 6.21 Å². The number of carbonyl (C=O) groups is 1. The zero-order chi connectivity index (χ0) is 22.9. The van der Waals surface area contributed by atoms with Crippen molar-refractivity contribution >= 4 is 29.6 Å². The van der Waals surface area contributed by atoms with Gasteiger partial charge in [-0.2, -0.15) is 5.10 Å². The van der Waals surface area contributed by atoms with Crippen LogP contribution in [0.1, 0.15) is 31.9 Å². The van der Waals surface area contributed by atoms with Crippen molar-refractivity contribution in [1.29, 1.82) is 0 Å². The molecule has 0 aliphatic rings. The number of nitrogens with one attached hydrogen (secondary N) is 1. The molecule has 2 aromatic carbocycles. The van der Waals surface area contributed by atoms with E-state index in [0.717, 1.165) is 36.6 Å². The Labute approximate surface area is 193 Å². The van der Waals surface area contributed by atoms with Crippen molar-refractivity contribution in [2.75, 3.05) is 23.7 Å². The fourth-order valence-corrected chi connectivity index (χ4v) is 4.09. The molecule has 0 fully saturated rings. The lowest BCUT2D eigenvalue weighted by Gasteiger charge is -2.20. The molecule has 3 aromatic rings. The van der Waals surface area contributed by atoms with Crippen LogP contribution in [0.4, 0.5) is 5.69 Å². The number of benzene rings is 2. The standard InChI is InChI=1S/C24H30N6OS/c1-5-29(6-2)21-14-10-19(11-15-21)16-25-26-22(31)17-32-24-28-27-23(30(24)7-3)20-12-8-18(4)9-13-20/h8-16H,5-7,17H2,1-4H3,(H,26,31)/b25-16+. The van der Waals surface area contributed by atoms with Crippen LogP contribution in [-0.4, -0.2) is 45.7 Å². The second-order valence-electron chi connectivity index (χ2n) is 7.26. The van der Waals surface area contributed by atoms with Gasteiger partial charge < -0.3 is 9.47 Å². The van der Waals surface area contributed by atoms with Gasteiger partial charge >= 0.3 is 0 Å². The highest BCUT2D eigenvalue weighted by atomic mass is 32.2. The lowest BCUT2D eigenvalue weighted by Crippen LogP contribution is -2.21. The number of thioether (sulfide) groups is 1. The summed E-state index contributed by atoms with van der Waals surface area (Å²) >= 11 is 1.35. The number of rotatable bonds is 10. The van der Waals surface area contributed by atoms with E-state index in [1.807, 2.05) is 35.8 Å². The first kappa shape index (κ1) is 23.5. The minimum atomic E-state index is -0.187. The van der Waals surface area contributed by atoms with E-state index in [0.29, 0.717) is 5.16 Å². The van der Waals surface area contributed by atoms with Gasteiger partial charge in [0.25, 0.3) is 5.91 Å². The highest BCUT2D eigenvalue weighted by molar-refractivity contribution is 7.99. The van der Waals surface area contributed by atoms with Crippen LogP contribution >= 0.6 is 11.8 Å². The molecule has 0 bridgehead atoms. The molecule has 1 N–H and O–H groups in total. The second-order valence-corrected chi connectivity index (χ2v) is 8.20. The van der Waals surface area contributed by atoms with Crippen LogP contribution in [0.5, 0.6) is 0 Å². The van der Waals surface area contributed by atoms with Crippen LogP contribution in [0.15, 0.2) is 58.8 Å². The third-order valence-electron chi connectivity index (χ3n) is 5.10. The van der Waals surface area contributed by atoms with Crippen LogP contribution in [0.25, 0.3) is 11.4 Å². The minimum absolute atomic E-state index is 0.187. The van der Waals surface area contributed by atoms with Gasteiger partial charge in [-0.25, -0.2) is 5.43 Å². The van der Waals surface area contributed by atoms with Gasteiger partial charge in [-0.15, -0.1) is 10.2 Å². The molecule has 0 aliphatic heterocycles. The first-order chi connectivity index (χ1) is 15.5. The Balaban J connectivity index is 1.54. The fourth-order valence-electron chi connectivity index (χ4n) is 3.30. The van der Waals surface area contributed by atoms with E-state index in [9.17, 15) is 4.79 Å². The number of hydrogen-bond donors (Lipinski definition) is 1. The van der Waals surface area contributed by atoms with Gasteiger partial charge in [0.1, 0.15) is 0 Å². The smallest absolute Gasteiger partial charge is 0.250 e. The summed E-state index contributed by atoms with van der Waals surface area (Å²) in [6.07, 6.45) is 1.65. The molecular formula is C24H30N6OS. The predicted molar refractivity (Wildman–Crippen MR) is 132 cm³/mol. The maximum absolute atomic E-state index is 12.2. The molecule has 8 heteroatoms. The topological polar surface area (TPSA) is 75.4 Å². The normalized spacial score (nSPS) is 11.1. The number of hydrogen-bond acceptors (Lipinski definition) is 6. The fraction of sp³-hybridized carbons (Fsp3) is 0.333. The molecule has 32 heavy (non-hydrogen) atoms. The SMILES string of the molecule is CCN(CC)c1ccc(/C=N/NC(=O)CSc2nnc(-c3ccc(C)cc3)n2CC)cc1. The van der Waals surface area contributed by atoms with Gasteiger partial charge in [0.15, 0.2) is 11.0 Å². The molecule has 0 saturated heterocycles. The van der Waals surface area contributed by atoms with Crippen molar-refractivity contribution in [3.8, 4) is 11.4 Å². The molecule has 3 rings (SSSR count). The molecule has 1 heterocycles. The summed E-state index contributed by atoms with van der Waals surface area (Å²) in [7, 11) is 0. The molecule has 0 atom stereocenters. The minimum Gasteiger partial charge on any atom is -0.372 e. The number of hydrazone groups is 1. The molecular weight excluding hydrogens is 420 g/mol. The summed E-state index contributed by atoms with van der Waals surface area (Å²) in [6, 6.07) is 16.3. The van der Waals surface area contributed by atoms with Crippen LogP contribution in [0.2, 0.25) is 0 Å². The predicted octanol–water partition coefficient (Wildman–Crippen LogP) is 4.36. The Morgan fingerprint density at radius 3 is 2.38 bits per heavy atom. The van der Waals surface area contributed by atoms with Crippen LogP contribution in [-0.2, 0) is 11.3 Å². The van der Waals surface area contributed by atoms with E-state index < -0.39 is 0 Å². The molecule has 0 radical (unpaired) electrons. The van der Waals surface area contributed by atoms with Gasteiger partial charge in [-0.1, -0.05) is 53.7 Å². The van der Waals surface area contributed by atoms with E-state index >= 15 is 0 Å². The van der Waals surface area contributed by atoms with Crippen molar-refractivity contribution < 1.29 is 4.79 Å². The van der Waals surface area contributed by atoms with Crippen molar-refractivity contribution in [3.63, 3.8) is 0 Å². The molecule has 1 amide bonds. The highest BCUT2D eigenvalue weighted by Crippen LogP contribution is 2.24. The van der Waals surface area contributed by atoms with Crippen molar-refractivity contribution in [1.82, 2.24) is 20.2 Å². The summed E-state index contributed by atoms with van der Waals surface area (Å²) in [5.74, 6) is 0.833. The maximum atomic E-state index is 12.2. The zero-order valence-electron chi connectivity index (χ0n) is 19.1. The number of carbonyl (C=O) groups excluding carboxylic acids is 1. The third-order valence-corrected chi connectivity index (χ3v) is 6.07. The Morgan fingerprint density at radius 2 is 1.75 bits per heavy atom. The van der Waals surface area contributed by atoms with Crippen LogP contribution < -0.4 is 10.3 Å². The average molecular weight is 451 g/mol. The largest absolute Gasteiger partial charge is 0.372 e. The number of amides is 1. The van der Waals surface area contributed by atoms with E-state index in [-0.39, 0.29) is 11.7 Å².